The van der Waals surface area contributed by atoms with E-state index >= 15 is 0 Å². The quantitative estimate of drug-likeness (QED) is 0.454. The van der Waals surface area contributed by atoms with E-state index in [9.17, 15) is 9.18 Å². The number of aromatic amines is 1. The predicted molar refractivity (Wildman–Crippen MR) is 115 cm³/mol. The fraction of sp³-hybridized carbons (Fsp3) is 0.0909. The van der Waals surface area contributed by atoms with Crippen LogP contribution in [0.25, 0.3) is 28.2 Å². The number of fused-ring (bicyclic) bond motifs is 1. The monoisotopic (exact) mass is 442 g/mol. The van der Waals surface area contributed by atoms with Gasteiger partial charge in [-0.1, -0.05) is 12.1 Å². The number of rotatable bonds is 4. The van der Waals surface area contributed by atoms with Crippen molar-refractivity contribution in [2.75, 3.05) is 11.5 Å². The van der Waals surface area contributed by atoms with Gasteiger partial charge in [-0.3, -0.25) is 15.0 Å². The van der Waals surface area contributed by atoms with Crippen molar-refractivity contribution >= 4 is 17.6 Å². The number of carbonyl (C=O) groups is 1. The molecule has 10 nitrogen and oxygen atoms in total. The Balaban J connectivity index is 1.41. The van der Waals surface area contributed by atoms with Gasteiger partial charge in [0.2, 0.25) is 0 Å². The van der Waals surface area contributed by atoms with Crippen molar-refractivity contribution in [2.24, 2.45) is 0 Å². The molecule has 1 amide bonds. The molecule has 11 heteroatoms. The summed E-state index contributed by atoms with van der Waals surface area (Å²) in [6.45, 7) is 0.192. The highest BCUT2D eigenvalue weighted by Gasteiger charge is 2.36. The number of benzene rings is 1. The third kappa shape index (κ3) is 3.17. The van der Waals surface area contributed by atoms with Gasteiger partial charge in [-0.25, -0.2) is 23.7 Å². The number of hydrogen-bond donors (Lipinski definition) is 1. The second-order valence-corrected chi connectivity index (χ2v) is 7.38. The summed E-state index contributed by atoms with van der Waals surface area (Å²) in [5.41, 5.74) is 2.79. The molecule has 1 N–H and O–H groups in total. The first-order chi connectivity index (χ1) is 16.2. The molecule has 1 saturated heterocycles. The van der Waals surface area contributed by atoms with Crippen molar-refractivity contribution in [1.82, 2.24) is 34.8 Å². The molecule has 33 heavy (non-hydrogen) atoms. The first kappa shape index (κ1) is 19.0. The fourth-order valence-corrected chi connectivity index (χ4v) is 3.89. The minimum absolute atomic E-state index is 0.192. The van der Waals surface area contributed by atoms with Gasteiger partial charge in [0.05, 0.1) is 11.8 Å². The van der Waals surface area contributed by atoms with E-state index in [-0.39, 0.29) is 24.0 Å². The topological polar surface area (TPSA) is 114 Å². The van der Waals surface area contributed by atoms with Gasteiger partial charge >= 0.3 is 6.09 Å². The van der Waals surface area contributed by atoms with Crippen LogP contribution in [-0.4, -0.2) is 47.5 Å². The molecule has 5 aromatic rings. The number of aromatic nitrogens is 7. The minimum atomic E-state index is -0.497. The minimum Gasteiger partial charge on any atom is -0.447 e. The Morgan fingerprint density at radius 3 is 2.88 bits per heavy atom. The lowest BCUT2D eigenvalue weighted by molar-refractivity contribution is 0.179. The van der Waals surface area contributed by atoms with Gasteiger partial charge in [-0.05, 0) is 35.4 Å². The third-order valence-electron chi connectivity index (χ3n) is 5.48. The highest BCUT2D eigenvalue weighted by molar-refractivity contribution is 5.90. The molecule has 1 aliphatic heterocycles. The number of nitrogens with zero attached hydrogens (tertiary/aromatic N) is 7. The van der Waals surface area contributed by atoms with Crippen LogP contribution in [-0.2, 0) is 4.74 Å². The van der Waals surface area contributed by atoms with E-state index in [1.165, 1.54) is 17.3 Å². The van der Waals surface area contributed by atoms with Crippen LogP contribution in [0.3, 0.4) is 0 Å². The van der Waals surface area contributed by atoms with E-state index in [1.807, 2.05) is 6.07 Å². The van der Waals surface area contributed by atoms with E-state index in [0.29, 0.717) is 22.6 Å². The Labute approximate surface area is 185 Å². The zero-order chi connectivity index (χ0) is 22.4. The van der Waals surface area contributed by atoms with Crippen LogP contribution in [0.1, 0.15) is 11.6 Å². The molecule has 0 bridgehead atoms. The smallest absolute Gasteiger partial charge is 0.416 e. The molecule has 1 fully saturated rings. The van der Waals surface area contributed by atoms with Crippen LogP contribution in [0.5, 0.6) is 0 Å². The summed E-state index contributed by atoms with van der Waals surface area (Å²) < 4.78 is 21.7. The molecule has 1 aromatic carbocycles. The van der Waals surface area contributed by atoms with Crippen molar-refractivity contribution in [3.05, 3.63) is 78.9 Å². The number of amides is 1. The normalized spacial score (nSPS) is 15.8. The van der Waals surface area contributed by atoms with E-state index in [4.69, 9.17) is 4.74 Å². The van der Waals surface area contributed by atoms with Crippen molar-refractivity contribution < 1.29 is 13.9 Å². The third-order valence-corrected chi connectivity index (χ3v) is 5.48. The van der Waals surface area contributed by atoms with Crippen LogP contribution < -0.4 is 4.90 Å². The largest absolute Gasteiger partial charge is 0.447 e. The maximum atomic E-state index is 14.8. The van der Waals surface area contributed by atoms with Crippen LogP contribution in [0.15, 0.2) is 67.5 Å². The number of carbonyl (C=O) groups excluding carboxylic acids is 1. The van der Waals surface area contributed by atoms with Crippen molar-refractivity contribution in [3.63, 3.8) is 0 Å². The highest BCUT2D eigenvalue weighted by atomic mass is 19.1. The molecule has 0 aliphatic carbocycles. The molecular formula is C22H15FN8O2. The van der Waals surface area contributed by atoms with Crippen LogP contribution in [0.4, 0.5) is 15.0 Å². The molecule has 4 aromatic heterocycles. The lowest BCUT2D eigenvalue weighted by atomic mass is 10.1. The van der Waals surface area contributed by atoms with E-state index in [2.05, 4.69) is 30.2 Å². The van der Waals surface area contributed by atoms with Crippen LogP contribution in [0, 0.1) is 5.82 Å². The maximum Gasteiger partial charge on any atom is 0.416 e. The van der Waals surface area contributed by atoms with Crippen molar-refractivity contribution in [1.29, 1.82) is 0 Å². The molecule has 0 radical (unpaired) electrons. The molecule has 0 spiro atoms. The molecular weight excluding hydrogens is 427 g/mol. The maximum absolute atomic E-state index is 14.8. The number of hydrogen-bond acceptors (Lipinski definition) is 7. The average molecular weight is 442 g/mol. The summed E-state index contributed by atoms with van der Waals surface area (Å²) in [6.07, 6.45) is 7.56. The van der Waals surface area contributed by atoms with Gasteiger partial charge < -0.3 is 4.74 Å². The summed E-state index contributed by atoms with van der Waals surface area (Å²) in [5, 5.41) is 10.8. The predicted octanol–water partition coefficient (Wildman–Crippen LogP) is 3.41. The molecule has 162 valence electrons. The SMILES string of the molecule is O=C1OC[C@H](c2cccnc2)N1c1ccn2ncc(-c3ccc(-c4nc[nH]n4)c(F)c3)c2n1. The molecule has 0 saturated carbocycles. The molecule has 6 rings (SSSR count). The second-order valence-electron chi connectivity index (χ2n) is 7.38. The van der Waals surface area contributed by atoms with Gasteiger partial charge in [0.25, 0.3) is 0 Å². The summed E-state index contributed by atoms with van der Waals surface area (Å²) in [6, 6.07) is 9.77. The second kappa shape index (κ2) is 7.48. The Bertz CT molecular complexity index is 1470. The standard InChI is InChI=1S/C22H15FN8O2/c23-17-8-13(3-4-15(17)20-25-12-26-29-20)16-10-27-30-7-5-19(28-21(16)30)31-18(11-33-22(31)32)14-2-1-6-24-9-14/h1-10,12,18H,11H2,(H,25,26,29)/t18-/m1/s1. The van der Waals surface area contributed by atoms with Crippen molar-refractivity contribution in [2.45, 2.75) is 6.04 Å². The first-order valence-electron chi connectivity index (χ1n) is 10.1. The number of anilines is 1. The summed E-state index contributed by atoms with van der Waals surface area (Å²) in [5.74, 6) is 0.203. The number of pyridine rings is 1. The Hall–Kier alpha value is -4.67. The number of H-pyrrole nitrogens is 1. The Kier molecular flexibility index (Phi) is 4.32. The molecule has 1 aliphatic rings. The van der Waals surface area contributed by atoms with Crippen molar-refractivity contribution in [3.8, 4) is 22.5 Å². The number of halogens is 1. The number of nitrogens with one attached hydrogen (secondary N) is 1. The zero-order valence-electron chi connectivity index (χ0n) is 17.0. The van der Waals surface area contributed by atoms with E-state index in [1.54, 1.807) is 53.6 Å². The van der Waals surface area contributed by atoms with Gasteiger partial charge in [-0.15, -0.1) is 0 Å². The highest BCUT2D eigenvalue weighted by Crippen LogP contribution is 2.33. The van der Waals surface area contributed by atoms with Crippen LogP contribution in [0.2, 0.25) is 0 Å². The molecule has 1 atom stereocenters. The Morgan fingerprint density at radius 2 is 2.09 bits per heavy atom. The Morgan fingerprint density at radius 1 is 1.15 bits per heavy atom. The summed E-state index contributed by atoms with van der Waals surface area (Å²) in [7, 11) is 0. The zero-order valence-corrected chi connectivity index (χ0v) is 17.0. The molecule has 5 heterocycles. The average Bonchev–Trinajstić information content (AvgIpc) is 3.59. The van der Waals surface area contributed by atoms with Gasteiger partial charge in [-0.2, -0.15) is 10.2 Å². The first-order valence-corrected chi connectivity index (χ1v) is 10.1. The van der Waals surface area contributed by atoms with Gasteiger partial charge in [0, 0.05) is 24.2 Å². The summed E-state index contributed by atoms with van der Waals surface area (Å²) >= 11 is 0. The van der Waals surface area contributed by atoms with Crippen LogP contribution >= 0.6 is 0 Å². The number of cyclic esters (lactones) is 1. The summed E-state index contributed by atoms with van der Waals surface area (Å²) in [4.78, 5) is 26.8. The number of ether oxygens (including phenoxy) is 1. The fourth-order valence-electron chi connectivity index (χ4n) is 3.89. The van der Waals surface area contributed by atoms with E-state index in [0.717, 1.165) is 5.56 Å². The van der Waals surface area contributed by atoms with Gasteiger partial charge in [0.15, 0.2) is 11.5 Å². The van der Waals surface area contributed by atoms with E-state index < -0.39 is 11.9 Å². The lowest BCUT2D eigenvalue weighted by Gasteiger charge is -2.20. The van der Waals surface area contributed by atoms with Gasteiger partial charge in [0.1, 0.15) is 30.6 Å². The lowest BCUT2D eigenvalue weighted by Crippen LogP contribution is -2.28. The molecule has 0 unspecified atom stereocenters.